The molecule has 0 aliphatic carbocycles. The fourth-order valence-electron chi connectivity index (χ4n) is 4.56. The second-order valence-corrected chi connectivity index (χ2v) is 7.72. The summed E-state index contributed by atoms with van der Waals surface area (Å²) in [7, 11) is 1.81. The smallest absolute Gasteiger partial charge is 0.143 e. The summed E-state index contributed by atoms with van der Waals surface area (Å²) in [6, 6.07) is 44.7. The molecule has 5 rings (SSSR count). The lowest BCUT2D eigenvalue weighted by Gasteiger charge is -2.35. The van der Waals surface area contributed by atoms with Gasteiger partial charge in [-0.15, -0.1) is 0 Å². The number of benzene rings is 5. The Kier molecular flexibility index (Phi) is 5.11. The van der Waals surface area contributed by atoms with Gasteiger partial charge in [-0.05, 0) is 33.0 Å². The van der Waals surface area contributed by atoms with Gasteiger partial charge in [-0.1, -0.05) is 127 Å². The van der Waals surface area contributed by atoms with Crippen LogP contribution in [0.25, 0.3) is 21.9 Å². The summed E-state index contributed by atoms with van der Waals surface area (Å²) in [6.07, 6.45) is 0. The predicted octanol–water partition coefficient (Wildman–Crippen LogP) is 7.45. The largest absolute Gasteiger partial charge is 0.364 e. The van der Waals surface area contributed by atoms with Crippen molar-refractivity contribution < 1.29 is 4.74 Å². The van der Waals surface area contributed by atoms with E-state index in [4.69, 9.17) is 4.74 Å². The molecule has 150 valence electrons. The number of ether oxygens (including phenoxy) is 1. The summed E-state index contributed by atoms with van der Waals surface area (Å²) in [5, 5.41) is 2.40. The molecule has 0 saturated heterocycles. The van der Waals surface area contributed by atoms with Crippen LogP contribution in [-0.2, 0) is 10.3 Å². The molecule has 1 heteroatoms. The first-order valence-corrected chi connectivity index (χ1v) is 10.6. The van der Waals surface area contributed by atoms with Crippen LogP contribution in [-0.4, -0.2) is 7.11 Å². The highest BCUT2D eigenvalue weighted by Gasteiger charge is 2.37. The van der Waals surface area contributed by atoms with E-state index in [1.165, 1.54) is 21.9 Å². The van der Waals surface area contributed by atoms with E-state index in [0.29, 0.717) is 0 Å². The lowest BCUT2D eigenvalue weighted by molar-refractivity contribution is 0.0598. The maximum atomic E-state index is 6.45. The van der Waals surface area contributed by atoms with Crippen LogP contribution in [0.1, 0.15) is 16.7 Å². The summed E-state index contributed by atoms with van der Waals surface area (Å²) in [6.45, 7) is 0. The molecule has 0 spiro atoms. The van der Waals surface area contributed by atoms with Crippen molar-refractivity contribution in [3.8, 4) is 11.1 Å². The van der Waals surface area contributed by atoms with Gasteiger partial charge in [0.2, 0.25) is 0 Å². The first-order valence-electron chi connectivity index (χ1n) is 10.6. The molecule has 0 aromatic heterocycles. The van der Waals surface area contributed by atoms with Crippen molar-refractivity contribution in [1.82, 2.24) is 0 Å². The van der Waals surface area contributed by atoms with E-state index in [0.717, 1.165) is 16.7 Å². The quantitative estimate of drug-likeness (QED) is 0.278. The summed E-state index contributed by atoms with van der Waals surface area (Å²) < 4.78 is 6.45. The summed E-state index contributed by atoms with van der Waals surface area (Å²) in [5.41, 5.74) is 5.06. The third-order valence-electron chi connectivity index (χ3n) is 6.05. The van der Waals surface area contributed by atoms with Crippen molar-refractivity contribution in [3.05, 3.63) is 144 Å². The molecule has 5 aromatic carbocycles. The lowest BCUT2D eigenvalue weighted by atomic mass is 9.78. The molecule has 0 aliphatic rings. The number of rotatable bonds is 5. The van der Waals surface area contributed by atoms with Gasteiger partial charge >= 0.3 is 0 Å². The zero-order valence-electron chi connectivity index (χ0n) is 17.5. The molecule has 0 aliphatic heterocycles. The Morgan fingerprint density at radius 3 is 1.74 bits per heavy atom. The molecular weight excluding hydrogens is 376 g/mol. The normalized spacial score (nSPS) is 13.1. The highest BCUT2D eigenvalue weighted by Crippen LogP contribution is 2.43. The summed E-state index contributed by atoms with van der Waals surface area (Å²) in [4.78, 5) is 0. The van der Waals surface area contributed by atoms with Gasteiger partial charge in [0.1, 0.15) is 5.60 Å². The van der Waals surface area contributed by atoms with Gasteiger partial charge in [-0.2, -0.15) is 0 Å². The van der Waals surface area contributed by atoms with Crippen molar-refractivity contribution in [1.29, 1.82) is 0 Å². The molecule has 1 nitrogen and oxygen atoms in total. The van der Waals surface area contributed by atoms with Crippen molar-refractivity contribution in [2.24, 2.45) is 0 Å². The SMILES string of the molecule is CO[C@](c1ccccc1)(c1ccc(-c2ccccc2)cc1)c1cccc2ccccc12. The second kappa shape index (κ2) is 8.22. The third-order valence-corrected chi connectivity index (χ3v) is 6.05. The number of fused-ring (bicyclic) bond motifs is 1. The lowest BCUT2D eigenvalue weighted by Crippen LogP contribution is -2.31. The van der Waals surface area contributed by atoms with Gasteiger partial charge in [0.05, 0.1) is 0 Å². The molecule has 0 N–H and O–H groups in total. The van der Waals surface area contributed by atoms with Crippen LogP contribution in [0.3, 0.4) is 0 Å². The third kappa shape index (κ3) is 3.34. The Morgan fingerprint density at radius 1 is 0.484 bits per heavy atom. The molecule has 0 amide bonds. The van der Waals surface area contributed by atoms with Gasteiger partial charge in [0, 0.05) is 12.7 Å². The maximum Gasteiger partial charge on any atom is 0.143 e. The minimum Gasteiger partial charge on any atom is -0.364 e. The molecule has 0 heterocycles. The zero-order chi connectivity index (χ0) is 21.1. The molecule has 0 radical (unpaired) electrons. The average Bonchev–Trinajstić information content (AvgIpc) is 2.86. The fraction of sp³-hybridized carbons (Fsp3) is 0.0667. The predicted molar refractivity (Wildman–Crippen MR) is 129 cm³/mol. The maximum absolute atomic E-state index is 6.45. The van der Waals surface area contributed by atoms with Crippen molar-refractivity contribution >= 4 is 10.8 Å². The minimum absolute atomic E-state index is 0.711. The van der Waals surface area contributed by atoms with E-state index in [1.54, 1.807) is 7.11 Å². The Bertz CT molecular complexity index is 1290. The number of hydrogen-bond donors (Lipinski definition) is 0. The fourth-order valence-corrected chi connectivity index (χ4v) is 4.56. The molecule has 0 fully saturated rings. The van der Waals surface area contributed by atoms with E-state index in [9.17, 15) is 0 Å². The zero-order valence-corrected chi connectivity index (χ0v) is 17.5. The van der Waals surface area contributed by atoms with Crippen LogP contribution in [0.2, 0.25) is 0 Å². The van der Waals surface area contributed by atoms with Crippen molar-refractivity contribution in [3.63, 3.8) is 0 Å². The van der Waals surface area contributed by atoms with Gasteiger partial charge in [0.15, 0.2) is 0 Å². The van der Waals surface area contributed by atoms with E-state index in [-0.39, 0.29) is 0 Å². The Balaban J connectivity index is 1.76. The number of methoxy groups -OCH3 is 1. The van der Waals surface area contributed by atoms with Gasteiger partial charge in [0.25, 0.3) is 0 Å². The van der Waals surface area contributed by atoms with E-state index in [1.807, 2.05) is 12.1 Å². The molecule has 31 heavy (non-hydrogen) atoms. The second-order valence-electron chi connectivity index (χ2n) is 7.72. The molecular formula is C30H24O. The first-order chi connectivity index (χ1) is 15.3. The van der Waals surface area contributed by atoms with E-state index in [2.05, 4.69) is 115 Å². The van der Waals surface area contributed by atoms with E-state index < -0.39 is 5.60 Å². The summed E-state index contributed by atoms with van der Waals surface area (Å²) >= 11 is 0. The molecule has 0 bridgehead atoms. The van der Waals surface area contributed by atoms with Crippen LogP contribution in [0.4, 0.5) is 0 Å². The van der Waals surface area contributed by atoms with Crippen LogP contribution in [0.15, 0.2) is 127 Å². The molecule has 1 atom stereocenters. The topological polar surface area (TPSA) is 9.23 Å². The number of hydrogen-bond acceptors (Lipinski definition) is 1. The Labute approximate surface area is 183 Å². The van der Waals surface area contributed by atoms with Gasteiger partial charge < -0.3 is 4.74 Å². The highest BCUT2D eigenvalue weighted by atomic mass is 16.5. The van der Waals surface area contributed by atoms with Crippen LogP contribution < -0.4 is 0 Å². The minimum atomic E-state index is -0.711. The standard InChI is InChI=1S/C30H24O/c1-31-30(26-15-6-3-7-16-26,29-18-10-14-25-13-8-9-17-28(25)29)27-21-19-24(20-22-27)23-11-4-2-5-12-23/h2-22H,1H3/t30-/m1/s1. The summed E-state index contributed by atoms with van der Waals surface area (Å²) in [5.74, 6) is 0. The Morgan fingerprint density at radius 2 is 1.03 bits per heavy atom. The van der Waals surface area contributed by atoms with Crippen molar-refractivity contribution in [2.45, 2.75) is 5.60 Å². The van der Waals surface area contributed by atoms with Gasteiger partial charge in [-0.3, -0.25) is 0 Å². The average molecular weight is 401 g/mol. The highest BCUT2D eigenvalue weighted by molar-refractivity contribution is 5.87. The Hall–Kier alpha value is -3.68. The molecule has 5 aromatic rings. The van der Waals surface area contributed by atoms with Crippen LogP contribution >= 0.6 is 0 Å². The van der Waals surface area contributed by atoms with Crippen LogP contribution in [0.5, 0.6) is 0 Å². The molecule has 0 unspecified atom stereocenters. The van der Waals surface area contributed by atoms with Crippen molar-refractivity contribution in [2.75, 3.05) is 7.11 Å². The monoisotopic (exact) mass is 400 g/mol. The van der Waals surface area contributed by atoms with E-state index >= 15 is 0 Å². The molecule has 0 saturated carbocycles. The van der Waals surface area contributed by atoms with Crippen LogP contribution in [0, 0.1) is 0 Å². The van der Waals surface area contributed by atoms with Gasteiger partial charge in [-0.25, -0.2) is 0 Å². The first kappa shape index (κ1) is 19.3.